The maximum Gasteiger partial charge on any atom is 0.416 e. The molecule has 0 spiro atoms. The Kier molecular flexibility index (Phi) is 6.64. The van der Waals surface area contributed by atoms with Gasteiger partial charge in [0.2, 0.25) is 0 Å². The molecule has 9 heteroatoms. The van der Waals surface area contributed by atoms with Gasteiger partial charge < -0.3 is 9.80 Å². The predicted octanol–water partition coefficient (Wildman–Crippen LogP) is 5.05. The summed E-state index contributed by atoms with van der Waals surface area (Å²) in [6.45, 7) is 3.57. The zero-order chi connectivity index (χ0) is 25.4. The first-order valence-electron chi connectivity index (χ1n) is 11.1. The van der Waals surface area contributed by atoms with E-state index in [2.05, 4.69) is 0 Å². The minimum absolute atomic E-state index is 0.0695. The van der Waals surface area contributed by atoms with Gasteiger partial charge in [-0.3, -0.25) is 4.79 Å². The van der Waals surface area contributed by atoms with Crippen molar-refractivity contribution in [1.82, 2.24) is 4.90 Å². The van der Waals surface area contributed by atoms with E-state index >= 15 is 0 Å². The van der Waals surface area contributed by atoms with Gasteiger partial charge in [-0.05, 0) is 54.4 Å². The van der Waals surface area contributed by atoms with Crippen LogP contribution in [-0.2, 0) is 16.0 Å². The maximum atomic E-state index is 13.5. The molecule has 1 saturated heterocycles. The molecule has 0 radical (unpaired) electrons. The lowest BCUT2D eigenvalue weighted by molar-refractivity contribution is -0.137. The Bertz CT molecular complexity index is 1330. The van der Waals surface area contributed by atoms with E-state index in [1.807, 2.05) is 36.1 Å². The van der Waals surface area contributed by atoms with Crippen LogP contribution >= 0.6 is 0 Å². The number of piperazine rings is 1. The van der Waals surface area contributed by atoms with E-state index in [0.29, 0.717) is 43.0 Å². The molecule has 4 rings (SSSR count). The molecule has 1 aliphatic heterocycles. The standard InChI is InChI=1S/C26H25F3N2O3S/c1-18-3-5-19(6-4-18)23-12-11-22(35(2,33)34)17-24(23)25(32)31-15-13-30(14-16-31)21-9-7-20(8-10-21)26(27,28)29/h3-12,17H,13-16H2,1-2H3. The van der Waals surface area contributed by atoms with Gasteiger partial charge in [0.25, 0.3) is 5.91 Å². The number of carbonyl (C=O) groups is 1. The Hall–Kier alpha value is -3.33. The Labute approximate surface area is 202 Å². The zero-order valence-electron chi connectivity index (χ0n) is 19.3. The van der Waals surface area contributed by atoms with Crippen LogP contribution in [0, 0.1) is 6.92 Å². The van der Waals surface area contributed by atoms with E-state index in [9.17, 15) is 26.4 Å². The largest absolute Gasteiger partial charge is 0.416 e. The number of alkyl halides is 3. The highest BCUT2D eigenvalue weighted by Gasteiger charge is 2.31. The number of benzene rings is 3. The summed E-state index contributed by atoms with van der Waals surface area (Å²) < 4.78 is 62.9. The maximum absolute atomic E-state index is 13.5. The lowest BCUT2D eigenvalue weighted by atomic mass is 9.97. The van der Waals surface area contributed by atoms with E-state index in [1.54, 1.807) is 11.0 Å². The average molecular weight is 503 g/mol. The molecule has 0 aromatic heterocycles. The molecule has 3 aromatic rings. The molecule has 1 fully saturated rings. The third-order valence-electron chi connectivity index (χ3n) is 6.14. The predicted molar refractivity (Wildman–Crippen MR) is 129 cm³/mol. The molecule has 0 aliphatic carbocycles. The van der Waals surface area contributed by atoms with Crippen molar-refractivity contribution >= 4 is 21.4 Å². The number of aryl methyl sites for hydroxylation is 1. The van der Waals surface area contributed by atoms with Crippen molar-refractivity contribution in [3.8, 4) is 11.1 Å². The number of hydrogen-bond acceptors (Lipinski definition) is 4. The van der Waals surface area contributed by atoms with Gasteiger partial charge in [0.1, 0.15) is 0 Å². The fourth-order valence-electron chi connectivity index (χ4n) is 4.12. The lowest BCUT2D eigenvalue weighted by Crippen LogP contribution is -2.49. The second-order valence-electron chi connectivity index (χ2n) is 8.67. The number of rotatable bonds is 4. The minimum atomic E-state index is -4.39. The fourth-order valence-corrected chi connectivity index (χ4v) is 4.76. The van der Waals surface area contributed by atoms with Crippen LogP contribution in [0.3, 0.4) is 0 Å². The molecule has 1 aliphatic rings. The molecule has 3 aromatic carbocycles. The smallest absolute Gasteiger partial charge is 0.368 e. The van der Waals surface area contributed by atoms with Gasteiger partial charge in [-0.15, -0.1) is 0 Å². The first-order valence-corrected chi connectivity index (χ1v) is 13.0. The number of amides is 1. The Morgan fingerprint density at radius 3 is 2.00 bits per heavy atom. The Morgan fingerprint density at radius 2 is 1.46 bits per heavy atom. The van der Waals surface area contributed by atoms with Crippen molar-refractivity contribution in [1.29, 1.82) is 0 Å². The van der Waals surface area contributed by atoms with Crippen LogP contribution in [0.5, 0.6) is 0 Å². The molecule has 0 N–H and O–H groups in total. The molecule has 0 saturated carbocycles. The van der Waals surface area contributed by atoms with Gasteiger partial charge in [0.15, 0.2) is 9.84 Å². The van der Waals surface area contributed by atoms with Crippen molar-refractivity contribution in [3.63, 3.8) is 0 Å². The van der Waals surface area contributed by atoms with Crippen LogP contribution in [-0.4, -0.2) is 51.7 Å². The topological polar surface area (TPSA) is 57.7 Å². The molecule has 35 heavy (non-hydrogen) atoms. The van der Waals surface area contributed by atoms with Gasteiger partial charge in [0, 0.05) is 43.7 Å². The van der Waals surface area contributed by atoms with Crippen LogP contribution in [0.2, 0.25) is 0 Å². The summed E-state index contributed by atoms with van der Waals surface area (Å²) in [5.74, 6) is -0.279. The van der Waals surface area contributed by atoms with Crippen molar-refractivity contribution in [2.75, 3.05) is 37.3 Å². The highest BCUT2D eigenvalue weighted by Crippen LogP contribution is 2.31. The molecular formula is C26H25F3N2O3S. The summed E-state index contributed by atoms with van der Waals surface area (Å²) in [7, 11) is -3.51. The average Bonchev–Trinajstić information content (AvgIpc) is 2.83. The van der Waals surface area contributed by atoms with E-state index in [4.69, 9.17) is 0 Å². The third-order valence-corrected chi connectivity index (χ3v) is 7.25. The van der Waals surface area contributed by atoms with E-state index in [0.717, 1.165) is 29.5 Å². The van der Waals surface area contributed by atoms with Crippen molar-refractivity contribution in [3.05, 3.63) is 83.4 Å². The van der Waals surface area contributed by atoms with E-state index in [-0.39, 0.29) is 10.8 Å². The van der Waals surface area contributed by atoms with Gasteiger partial charge in [-0.1, -0.05) is 35.9 Å². The van der Waals surface area contributed by atoms with Crippen LogP contribution in [0.25, 0.3) is 11.1 Å². The van der Waals surface area contributed by atoms with Gasteiger partial charge in [-0.25, -0.2) is 8.42 Å². The van der Waals surface area contributed by atoms with Gasteiger partial charge in [-0.2, -0.15) is 13.2 Å². The number of sulfone groups is 1. The number of anilines is 1. The summed E-state index contributed by atoms with van der Waals surface area (Å²) in [5, 5.41) is 0. The molecule has 5 nitrogen and oxygen atoms in total. The summed E-state index contributed by atoms with van der Waals surface area (Å²) in [6, 6.07) is 17.2. The normalized spacial score (nSPS) is 14.8. The lowest BCUT2D eigenvalue weighted by Gasteiger charge is -2.36. The Balaban J connectivity index is 1.57. The Morgan fingerprint density at radius 1 is 0.857 bits per heavy atom. The first-order chi connectivity index (χ1) is 16.4. The van der Waals surface area contributed by atoms with Crippen LogP contribution in [0.15, 0.2) is 71.6 Å². The monoisotopic (exact) mass is 502 g/mol. The van der Waals surface area contributed by atoms with E-state index < -0.39 is 21.6 Å². The number of hydrogen-bond donors (Lipinski definition) is 0. The number of carbonyl (C=O) groups excluding carboxylic acids is 1. The van der Waals surface area contributed by atoms with Gasteiger partial charge in [0.05, 0.1) is 10.5 Å². The van der Waals surface area contributed by atoms with Crippen molar-refractivity contribution < 1.29 is 26.4 Å². The molecule has 1 amide bonds. The number of halogens is 3. The molecule has 0 unspecified atom stereocenters. The zero-order valence-corrected chi connectivity index (χ0v) is 20.2. The van der Waals surface area contributed by atoms with Gasteiger partial charge >= 0.3 is 6.18 Å². The summed E-state index contributed by atoms with van der Waals surface area (Å²) in [5.41, 5.74) is 2.78. The second kappa shape index (κ2) is 9.37. The summed E-state index contributed by atoms with van der Waals surface area (Å²) in [4.78, 5) is 17.2. The minimum Gasteiger partial charge on any atom is -0.368 e. The van der Waals surface area contributed by atoms with Crippen LogP contribution in [0.4, 0.5) is 18.9 Å². The molecule has 0 atom stereocenters. The van der Waals surface area contributed by atoms with E-state index in [1.165, 1.54) is 24.3 Å². The molecule has 1 heterocycles. The van der Waals surface area contributed by atoms with Crippen LogP contribution < -0.4 is 4.90 Å². The van der Waals surface area contributed by atoms with Crippen molar-refractivity contribution in [2.45, 2.75) is 18.0 Å². The first kappa shape index (κ1) is 24.8. The molecule has 184 valence electrons. The summed E-state index contributed by atoms with van der Waals surface area (Å²) >= 11 is 0. The quantitative estimate of drug-likeness (QED) is 0.501. The summed E-state index contributed by atoms with van der Waals surface area (Å²) in [6.07, 6.45) is -3.29. The SMILES string of the molecule is Cc1ccc(-c2ccc(S(C)(=O)=O)cc2C(=O)N2CCN(c3ccc(C(F)(F)F)cc3)CC2)cc1. The van der Waals surface area contributed by atoms with Crippen LogP contribution in [0.1, 0.15) is 21.5 Å². The third kappa shape index (κ3) is 5.51. The second-order valence-corrected chi connectivity index (χ2v) is 10.7. The highest BCUT2D eigenvalue weighted by molar-refractivity contribution is 7.90. The fraction of sp³-hybridized carbons (Fsp3) is 0.269. The molecule has 0 bridgehead atoms. The molecular weight excluding hydrogens is 477 g/mol. The highest BCUT2D eigenvalue weighted by atomic mass is 32.2. The van der Waals surface area contributed by atoms with Crippen molar-refractivity contribution in [2.24, 2.45) is 0 Å². The number of nitrogens with zero attached hydrogens (tertiary/aromatic N) is 2.